The number of fused-ring (bicyclic) bond motifs is 2. The van der Waals surface area contributed by atoms with Crippen molar-refractivity contribution in [3.63, 3.8) is 0 Å². The molecule has 0 unspecified atom stereocenters. The number of hydrogen-bond donors (Lipinski definition) is 1. The van der Waals surface area contributed by atoms with Crippen molar-refractivity contribution >= 4 is 11.9 Å². The van der Waals surface area contributed by atoms with Crippen LogP contribution in [0.15, 0.2) is 36.4 Å². The van der Waals surface area contributed by atoms with Gasteiger partial charge in [-0.1, -0.05) is 12.1 Å². The average Bonchev–Trinajstić information content (AvgIpc) is 3.19. The Hall–Kier alpha value is -3.15. The first-order valence-electron chi connectivity index (χ1n) is 6.95. The molecule has 0 atom stereocenters. The third-order valence-corrected chi connectivity index (χ3v) is 3.58. The maximum atomic E-state index is 12.3. The summed E-state index contributed by atoms with van der Waals surface area (Å²) in [7, 11) is 0. The van der Waals surface area contributed by atoms with E-state index < -0.39 is 0 Å². The maximum absolute atomic E-state index is 12.3. The van der Waals surface area contributed by atoms with Gasteiger partial charge in [-0.25, -0.2) is 0 Å². The zero-order chi connectivity index (χ0) is 15.8. The Morgan fingerprint density at radius 1 is 0.913 bits per heavy atom. The summed E-state index contributed by atoms with van der Waals surface area (Å²) < 4.78 is 20.9. The Morgan fingerprint density at radius 3 is 2.35 bits per heavy atom. The van der Waals surface area contributed by atoms with Gasteiger partial charge in [-0.3, -0.25) is 4.79 Å². The van der Waals surface area contributed by atoms with Crippen molar-refractivity contribution in [1.29, 1.82) is 0 Å². The number of carbonyl (C=O) groups excluding carboxylic acids is 1. The van der Waals surface area contributed by atoms with Gasteiger partial charge in [0.1, 0.15) is 5.75 Å². The van der Waals surface area contributed by atoms with Gasteiger partial charge in [0.05, 0.1) is 5.56 Å². The molecule has 1 N–H and O–H groups in total. The molecular formula is C17H12O6. The topological polar surface area (TPSA) is 74.2 Å². The van der Waals surface area contributed by atoms with Crippen molar-refractivity contribution in [3.05, 3.63) is 47.5 Å². The zero-order valence-electron chi connectivity index (χ0n) is 11.9. The number of phenolic OH excluding ortho intramolecular Hbond substituents is 1. The molecule has 4 rings (SSSR count). The van der Waals surface area contributed by atoms with Gasteiger partial charge in [-0.15, -0.1) is 0 Å². The van der Waals surface area contributed by atoms with Gasteiger partial charge in [0.15, 0.2) is 28.8 Å². The van der Waals surface area contributed by atoms with Crippen molar-refractivity contribution in [1.82, 2.24) is 0 Å². The Kier molecular flexibility index (Phi) is 3.08. The lowest BCUT2D eigenvalue weighted by Gasteiger charge is -2.03. The van der Waals surface area contributed by atoms with Crippen molar-refractivity contribution in [3.8, 4) is 28.7 Å². The number of phenols is 1. The first-order valence-corrected chi connectivity index (χ1v) is 6.95. The van der Waals surface area contributed by atoms with Crippen LogP contribution in [0, 0.1) is 0 Å². The molecule has 6 nitrogen and oxygen atoms in total. The van der Waals surface area contributed by atoms with Crippen LogP contribution in [0.5, 0.6) is 28.7 Å². The summed E-state index contributed by atoms with van der Waals surface area (Å²) in [6.45, 7) is 0.284. The van der Waals surface area contributed by atoms with Gasteiger partial charge in [-0.2, -0.15) is 0 Å². The molecule has 2 aromatic rings. The molecule has 0 saturated heterocycles. The van der Waals surface area contributed by atoms with E-state index in [4.69, 9.17) is 18.9 Å². The highest BCUT2D eigenvalue weighted by Gasteiger charge is 2.19. The predicted octanol–water partition coefficient (Wildman–Crippen LogP) is 2.75. The number of aromatic hydroxyl groups is 1. The molecule has 0 amide bonds. The first-order chi connectivity index (χ1) is 11.2. The smallest absolute Gasteiger partial charge is 0.231 e. The highest BCUT2D eigenvalue weighted by atomic mass is 16.7. The summed E-state index contributed by atoms with van der Waals surface area (Å²) in [6, 6.07) is 8.24. The molecule has 2 aliphatic heterocycles. The van der Waals surface area contributed by atoms with E-state index in [1.54, 1.807) is 18.2 Å². The van der Waals surface area contributed by atoms with Gasteiger partial charge in [0.2, 0.25) is 13.6 Å². The summed E-state index contributed by atoms with van der Waals surface area (Å²) in [5.41, 5.74) is 0.953. The van der Waals surface area contributed by atoms with Crippen LogP contribution in [0.3, 0.4) is 0 Å². The number of ketones is 1. The second-order valence-electron chi connectivity index (χ2n) is 5.03. The number of allylic oxidation sites excluding steroid dienone is 1. The lowest BCUT2D eigenvalue weighted by molar-refractivity contribution is 0.104. The van der Waals surface area contributed by atoms with Crippen molar-refractivity contribution < 1.29 is 28.8 Å². The van der Waals surface area contributed by atoms with Crippen LogP contribution < -0.4 is 18.9 Å². The van der Waals surface area contributed by atoms with E-state index in [1.807, 2.05) is 6.07 Å². The van der Waals surface area contributed by atoms with Crippen LogP contribution in [-0.4, -0.2) is 24.5 Å². The summed E-state index contributed by atoms with van der Waals surface area (Å²) in [5.74, 6) is 1.72. The number of rotatable bonds is 3. The number of ether oxygens (including phenoxy) is 4. The largest absolute Gasteiger partial charge is 0.507 e. The fourth-order valence-corrected chi connectivity index (χ4v) is 2.41. The molecule has 0 aliphatic carbocycles. The lowest BCUT2D eigenvalue weighted by atomic mass is 10.1. The molecule has 0 aromatic heterocycles. The van der Waals surface area contributed by atoms with Crippen molar-refractivity contribution in [2.45, 2.75) is 0 Å². The van der Waals surface area contributed by atoms with Crippen molar-refractivity contribution in [2.24, 2.45) is 0 Å². The van der Waals surface area contributed by atoms with Gasteiger partial charge in [0, 0.05) is 6.07 Å². The standard InChI is InChI=1S/C17H12O6/c18-12(11-6-16-17(7-13(11)19)23-9-22-16)3-1-10-2-4-14-15(5-10)21-8-20-14/h1-7,19H,8-9H2/b3-1+. The number of hydrogen-bond acceptors (Lipinski definition) is 6. The molecule has 2 aromatic carbocycles. The quantitative estimate of drug-likeness (QED) is 0.694. The molecule has 0 fully saturated rings. The summed E-state index contributed by atoms with van der Waals surface area (Å²) in [4.78, 5) is 12.3. The number of benzene rings is 2. The highest BCUT2D eigenvalue weighted by molar-refractivity contribution is 6.09. The minimum Gasteiger partial charge on any atom is -0.507 e. The maximum Gasteiger partial charge on any atom is 0.231 e. The van der Waals surface area contributed by atoms with Crippen LogP contribution >= 0.6 is 0 Å². The molecule has 0 saturated carbocycles. The van der Waals surface area contributed by atoms with E-state index in [2.05, 4.69) is 0 Å². The zero-order valence-corrected chi connectivity index (χ0v) is 11.9. The molecule has 23 heavy (non-hydrogen) atoms. The minimum atomic E-state index is -0.335. The van der Waals surface area contributed by atoms with Gasteiger partial charge in [-0.05, 0) is 29.8 Å². The molecule has 0 spiro atoms. The van der Waals surface area contributed by atoms with Crippen LogP contribution in [0.2, 0.25) is 0 Å². The normalized spacial score (nSPS) is 14.4. The van der Waals surface area contributed by atoms with Gasteiger partial charge in [0.25, 0.3) is 0 Å². The number of carbonyl (C=O) groups is 1. The van der Waals surface area contributed by atoms with Crippen LogP contribution in [-0.2, 0) is 0 Å². The molecule has 6 heteroatoms. The first kappa shape index (κ1) is 13.5. The second kappa shape index (κ2) is 5.24. The van der Waals surface area contributed by atoms with E-state index in [9.17, 15) is 9.90 Å². The average molecular weight is 312 g/mol. The van der Waals surface area contributed by atoms with Crippen molar-refractivity contribution in [2.75, 3.05) is 13.6 Å². The molecular weight excluding hydrogens is 300 g/mol. The van der Waals surface area contributed by atoms with Gasteiger partial charge >= 0.3 is 0 Å². The lowest BCUT2D eigenvalue weighted by Crippen LogP contribution is -1.95. The fraction of sp³-hybridized carbons (Fsp3) is 0.118. The molecule has 0 bridgehead atoms. The SMILES string of the molecule is O=C(/C=C/c1ccc2c(c1)OCO2)c1cc2c(cc1O)OCO2. The van der Waals surface area contributed by atoms with E-state index >= 15 is 0 Å². The summed E-state index contributed by atoms with van der Waals surface area (Å²) >= 11 is 0. The monoisotopic (exact) mass is 312 g/mol. The Bertz CT molecular complexity index is 824. The predicted molar refractivity (Wildman–Crippen MR) is 80.2 cm³/mol. The fourth-order valence-electron chi connectivity index (χ4n) is 2.41. The highest BCUT2D eigenvalue weighted by Crippen LogP contribution is 2.38. The second-order valence-corrected chi connectivity index (χ2v) is 5.03. The summed E-state index contributed by atoms with van der Waals surface area (Å²) in [6.07, 6.45) is 3.03. The van der Waals surface area contributed by atoms with E-state index in [1.165, 1.54) is 18.2 Å². The summed E-state index contributed by atoms with van der Waals surface area (Å²) in [5, 5.41) is 9.94. The third-order valence-electron chi connectivity index (χ3n) is 3.58. The van der Waals surface area contributed by atoms with E-state index in [-0.39, 0.29) is 30.7 Å². The molecule has 0 radical (unpaired) electrons. The van der Waals surface area contributed by atoms with E-state index in [0.29, 0.717) is 23.0 Å². The Morgan fingerprint density at radius 2 is 1.57 bits per heavy atom. The van der Waals surface area contributed by atoms with Crippen LogP contribution in [0.4, 0.5) is 0 Å². The van der Waals surface area contributed by atoms with Crippen LogP contribution in [0.25, 0.3) is 6.08 Å². The van der Waals surface area contributed by atoms with Crippen LogP contribution in [0.1, 0.15) is 15.9 Å². The van der Waals surface area contributed by atoms with E-state index in [0.717, 1.165) is 5.56 Å². The minimum absolute atomic E-state index is 0.0828. The Labute approximate surface area is 131 Å². The van der Waals surface area contributed by atoms with Gasteiger partial charge < -0.3 is 24.1 Å². The molecule has 2 heterocycles. The molecule has 116 valence electrons. The third kappa shape index (κ3) is 2.44. The Balaban J connectivity index is 1.58. The molecule has 2 aliphatic rings.